The van der Waals surface area contributed by atoms with Gasteiger partial charge in [0.05, 0.1) is 12.6 Å². The van der Waals surface area contributed by atoms with Crippen molar-refractivity contribution in [2.45, 2.75) is 25.5 Å². The van der Waals surface area contributed by atoms with Crippen molar-refractivity contribution in [1.29, 1.82) is 0 Å². The van der Waals surface area contributed by atoms with E-state index < -0.39 is 0 Å². The van der Waals surface area contributed by atoms with Gasteiger partial charge in [0.15, 0.2) is 11.5 Å². The highest BCUT2D eigenvalue weighted by Gasteiger charge is 2.21. The monoisotopic (exact) mass is 316 g/mol. The smallest absolute Gasteiger partial charge is 0.200 e. The summed E-state index contributed by atoms with van der Waals surface area (Å²) >= 11 is 1.75. The molecular weight excluding hydrogens is 300 g/mol. The van der Waals surface area contributed by atoms with E-state index >= 15 is 0 Å². The number of nitrogens with zero attached hydrogens (tertiary/aromatic N) is 6. The Bertz CT molecular complexity index is 737. The van der Waals surface area contributed by atoms with Crippen molar-refractivity contribution in [3.63, 3.8) is 0 Å². The number of hydrogen-bond acceptors (Lipinski definition) is 7. The minimum absolute atomic E-state index is 0.270. The maximum Gasteiger partial charge on any atom is 0.200 e. The minimum Gasteiger partial charge on any atom is -0.376 e. The second-order valence-electron chi connectivity index (χ2n) is 5.31. The average molecular weight is 316 g/mol. The fourth-order valence-corrected chi connectivity index (χ4v) is 3.39. The van der Waals surface area contributed by atoms with Crippen LogP contribution < -0.4 is 4.90 Å². The molecule has 3 aromatic rings. The molecule has 1 atom stereocenters. The predicted octanol–water partition coefficient (Wildman–Crippen LogP) is 1.77. The normalized spacial score (nSPS) is 18.1. The topological polar surface area (TPSA) is 68.4 Å². The summed E-state index contributed by atoms with van der Waals surface area (Å²) in [5.74, 6) is 0.865. The van der Waals surface area contributed by atoms with Gasteiger partial charge < -0.3 is 9.64 Å². The molecule has 3 aromatic heterocycles. The molecule has 22 heavy (non-hydrogen) atoms. The highest BCUT2D eigenvalue weighted by molar-refractivity contribution is 7.09. The van der Waals surface area contributed by atoms with E-state index in [4.69, 9.17) is 4.74 Å². The van der Waals surface area contributed by atoms with Gasteiger partial charge in [-0.25, -0.2) is 0 Å². The molecule has 0 aliphatic carbocycles. The highest BCUT2D eigenvalue weighted by atomic mass is 32.1. The molecule has 7 nitrogen and oxygen atoms in total. The minimum atomic E-state index is 0.270. The first-order chi connectivity index (χ1) is 10.9. The van der Waals surface area contributed by atoms with Crippen LogP contribution in [-0.4, -0.2) is 44.5 Å². The van der Waals surface area contributed by atoms with Crippen LogP contribution in [0, 0.1) is 0 Å². The van der Waals surface area contributed by atoms with Gasteiger partial charge in [0.25, 0.3) is 0 Å². The van der Waals surface area contributed by atoms with E-state index in [1.807, 2.05) is 12.1 Å². The van der Waals surface area contributed by atoms with Crippen LogP contribution in [0.1, 0.15) is 17.7 Å². The lowest BCUT2D eigenvalue weighted by atomic mass is 10.2. The largest absolute Gasteiger partial charge is 0.376 e. The fourth-order valence-electron chi connectivity index (χ4n) is 2.67. The summed E-state index contributed by atoms with van der Waals surface area (Å²) in [6.45, 7) is 2.51. The molecule has 0 aromatic carbocycles. The van der Waals surface area contributed by atoms with Crippen molar-refractivity contribution in [1.82, 2.24) is 25.3 Å². The average Bonchev–Trinajstić information content (AvgIpc) is 3.28. The first kappa shape index (κ1) is 13.6. The molecule has 0 bridgehead atoms. The van der Waals surface area contributed by atoms with Crippen molar-refractivity contribution in [3.05, 3.63) is 34.5 Å². The molecule has 0 spiro atoms. The first-order valence-electron chi connectivity index (χ1n) is 7.33. The number of fused-ring (bicyclic) bond motifs is 1. The molecule has 0 saturated carbocycles. The molecule has 4 rings (SSSR count). The van der Waals surface area contributed by atoms with Crippen LogP contribution >= 0.6 is 11.3 Å². The van der Waals surface area contributed by atoms with Gasteiger partial charge in [-0.1, -0.05) is 6.07 Å². The Hall–Kier alpha value is -2.06. The van der Waals surface area contributed by atoms with Gasteiger partial charge >= 0.3 is 0 Å². The molecular formula is C14H16N6OS. The van der Waals surface area contributed by atoms with Crippen molar-refractivity contribution < 1.29 is 4.74 Å². The number of rotatable bonds is 5. The van der Waals surface area contributed by atoms with E-state index in [9.17, 15) is 0 Å². The number of thiophene rings is 1. The Morgan fingerprint density at radius 3 is 3.18 bits per heavy atom. The first-order valence-corrected chi connectivity index (χ1v) is 8.21. The second kappa shape index (κ2) is 5.98. The highest BCUT2D eigenvalue weighted by Crippen LogP contribution is 2.21. The maximum atomic E-state index is 5.78. The third-order valence-electron chi connectivity index (χ3n) is 3.75. The van der Waals surface area contributed by atoms with E-state index in [2.05, 4.69) is 43.0 Å². The number of anilines is 1. The molecule has 1 saturated heterocycles. The van der Waals surface area contributed by atoms with E-state index in [1.165, 1.54) is 9.51 Å². The summed E-state index contributed by atoms with van der Waals surface area (Å²) in [7, 11) is 0. The summed E-state index contributed by atoms with van der Waals surface area (Å²) in [5.41, 5.74) is 0.650. The quantitative estimate of drug-likeness (QED) is 0.714. The number of hydrogen-bond donors (Lipinski definition) is 0. The zero-order valence-electron chi connectivity index (χ0n) is 12.0. The summed E-state index contributed by atoms with van der Waals surface area (Å²) in [4.78, 5) is 3.54. The van der Waals surface area contributed by atoms with Gasteiger partial charge in [-0.05, 0) is 46.8 Å². The standard InChI is InChI=1S/C14H16N6OS/c1-3-11(21-7-1)9-19(10-12-4-2-8-22-12)14-6-5-13-15-17-18-20(13)16-14/h2,4-6,8,11H,1,3,7,9-10H2. The van der Waals surface area contributed by atoms with Gasteiger partial charge in [-0.2, -0.15) is 0 Å². The Morgan fingerprint density at radius 2 is 2.36 bits per heavy atom. The fraction of sp³-hybridized carbons (Fsp3) is 0.429. The van der Waals surface area contributed by atoms with Gasteiger partial charge in [0.1, 0.15) is 0 Å². The molecule has 1 unspecified atom stereocenters. The Kier molecular flexibility index (Phi) is 3.69. The molecule has 0 N–H and O–H groups in total. The van der Waals surface area contributed by atoms with Gasteiger partial charge in [-0.15, -0.1) is 26.2 Å². The number of ether oxygens (including phenoxy) is 1. The van der Waals surface area contributed by atoms with Crippen LogP contribution in [-0.2, 0) is 11.3 Å². The number of tetrazole rings is 1. The van der Waals surface area contributed by atoms with Crippen LogP contribution in [0.15, 0.2) is 29.6 Å². The van der Waals surface area contributed by atoms with Crippen molar-refractivity contribution in [2.75, 3.05) is 18.1 Å². The molecule has 1 aliphatic rings. The Morgan fingerprint density at radius 1 is 1.36 bits per heavy atom. The van der Waals surface area contributed by atoms with Crippen LogP contribution in [0.4, 0.5) is 5.82 Å². The second-order valence-corrected chi connectivity index (χ2v) is 6.35. The summed E-state index contributed by atoms with van der Waals surface area (Å²) in [6.07, 6.45) is 2.51. The van der Waals surface area contributed by atoms with E-state index in [1.54, 1.807) is 11.3 Å². The molecule has 0 amide bonds. The zero-order valence-corrected chi connectivity index (χ0v) is 12.8. The Labute approximate surface area is 131 Å². The van der Waals surface area contributed by atoms with Crippen molar-refractivity contribution in [2.24, 2.45) is 0 Å². The van der Waals surface area contributed by atoms with Crippen LogP contribution in [0.3, 0.4) is 0 Å². The van der Waals surface area contributed by atoms with E-state index in [0.717, 1.165) is 38.4 Å². The van der Waals surface area contributed by atoms with Gasteiger partial charge in [0.2, 0.25) is 0 Å². The van der Waals surface area contributed by atoms with Crippen LogP contribution in [0.5, 0.6) is 0 Å². The maximum absolute atomic E-state index is 5.78. The lowest BCUT2D eigenvalue weighted by Gasteiger charge is -2.25. The SMILES string of the molecule is c1csc(CN(CC2CCCO2)c2ccc3nnnn3n2)c1. The molecule has 0 radical (unpaired) electrons. The van der Waals surface area contributed by atoms with Gasteiger partial charge in [0, 0.05) is 18.0 Å². The summed E-state index contributed by atoms with van der Waals surface area (Å²) < 4.78 is 7.25. The van der Waals surface area contributed by atoms with Crippen LogP contribution in [0.25, 0.3) is 5.65 Å². The predicted molar refractivity (Wildman–Crippen MR) is 82.9 cm³/mol. The lowest BCUT2D eigenvalue weighted by Crippen LogP contribution is -2.32. The van der Waals surface area contributed by atoms with E-state index in [0.29, 0.717) is 5.65 Å². The molecule has 1 fully saturated rings. The number of aromatic nitrogens is 5. The third kappa shape index (κ3) is 2.79. The van der Waals surface area contributed by atoms with Crippen LogP contribution in [0.2, 0.25) is 0 Å². The summed E-state index contributed by atoms with van der Waals surface area (Å²) in [6, 6.07) is 8.07. The summed E-state index contributed by atoms with van der Waals surface area (Å²) in [5, 5.41) is 18.0. The Balaban J connectivity index is 1.61. The molecule has 1 aliphatic heterocycles. The zero-order chi connectivity index (χ0) is 14.8. The molecule has 114 valence electrons. The van der Waals surface area contributed by atoms with Crippen molar-refractivity contribution in [3.8, 4) is 0 Å². The van der Waals surface area contributed by atoms with E-state index in [-0.39, 0.29) is 6.10 Å². The lowest BCUT2D eigenvalue weighted by molar-refractivity contribution is 0.115. The molecule has 8 heteroatoms. The van der Waals surface area contributed by atoms with Gasteiger partial charge in [-0.3, -0.25) is 0 Å². The third-order valence-corrected chi connectivity index (χ3v) is 4.62. The van der Waals surface area contributed by atoms with Crippen molar-refractivity contribution >= 4 is 22.8 Å². The molecule has 4 heterocycles.